The number of hydrogen-bond donors (Lipinski definition) is 0. The molecule has 4 aromatic rings. The molecule has 9 heteroatoms. The first-order chi connectivity index (χ1) is 14.2. The van der Waals surface area contributed by atoms with Crippen molar-refractivity contribution in [1.82, 2.24) is 19.7 Å². The first kappa shape index (κ1) is 18.5. The number of ether oxygens (including phenoxy) is 2. The Kier molecular flexibility index (Phi) is 4.91. The molecule has 0 aliphatic carbocycles. The summed E-state index contributed by atoms with van der Waals surface area (Å²) in [6.45, 7) is 0.270. The summed E-state index contributed by atoms with van der Waals surface area (Å²) in [5.74, 6) is 2.99. The Morgan fingerprint density at radius 3 is 2.90 bits per heavy atom. The number of rotatable bonds is 5. The summed E-state index contributed by atoms with van der Waals surface area (Å²) in [7, 11) is 1.94. The lowest BCUT2D eigenvalue weighted by molar-refractivity contribution is 0.174. The minimum absolute atomic E-state index is 0.270. The molecule has 0 bridgehead atoms. The van der Waals surface area contributed by atoms with E-state index in [2.05, 4.69) is 15.6 Å². The molecule has 5 rings (SSSR count). The summed E-state index contributed by atoms with van der Waals surface area (Å²) in [6.07, 6.45) is 0. The van der Waals surface area contributed by atoms with Gasteiger partial charge in [-0.25, -0.2) is 4.98 Å². The number of fused-ring (bicyclic) bond motifs is 1. The second-order valence-corrected chi connectivity index (χ2v) is 8.55. The summed E-state index contributed by atoms with van der Waals surface area (Å²) >= 11 is 9.50. The van der Waals surface area contributed by atoms with Crippen molar-refractivity contribution in [2.75, 3.05) is 6.79 Å². The number of thioether (sulfide) groups is 1. The fourth-order valence-electron chi connectivity index (χ4n) is 2.99. The van der Waals surface area contributed by atoms with E-state index in [0.29, 0.717) is 10.8 Å². The Bertz CT molecular complexity index is 1190. The highest BCUT2D eigenvalue weighted by molar-refractivity contribution is 7.98. The normalized spacial score (nSPS) is 12.5. The molecule has 0 amide bonds. The summed E-state index contributed by atoms with van der Waals surface area (Å²) in [5.41, 5.74) is 2.89. The van der Waals surface area contributed by atoms with Crippen LogP contribution in [0.15, 0.2) is 53.0 Å². The lowest BCUT2D eigenvalue weighted by Gasteiger charge is -2.04. The smallest absolute Gasteiger partial charge is 0.231 e. The van der Waals surface area contributed by atoms with Gasteiger partial charge < -0.3 is 14.0 Å². The molecule has 0 radical (unpaired) electrons. The molecule has 2 aromatic heterocycles. The Labute approximate surface area is 180 Å². The van der Waals surface area contributed by atoms with E-state index in [1.54, 1.807) is 23.1 Å². The zero-order chi connectivity index (χ0) is 19.8. The standard InChI is InChI=1S/C20H15ClN4O2S2/c1-25-18(14-4-2-3-5-15(14)21)23-24-20(25)29-10-13-9-28-19(22-13)12-6-7-16-17(8-12)27-11-26-16/h2-9H,10-11H2,1H3. The topological polar surface area (TPSA) is 62.1 Å². The van der Waals surface area contributed by atoms with Gasteiger partial charge in [-0.2, -0.15) is 0 Å². The first-order valence-corrected chi connectivity index (χ1v) is 11.0. The van der Waals surface area contributed by atoms with Gasteiger partial charge in [-0.1, -0.05) is 35.5 Å². The third kappa shape index (κ3) is 3.59. The molecular formula is C20H15ClN4O2S2. The first-order valence-electron chi connectivity index (χ1n) is 8.80. The SMILES string of the molecule is Cn1c(SCc2csc(-c3ccc4c(c3)OCO4)n2)nnc1-c1ccccc1Cl. The van der Waals surface area contributed by atoms with Crippen molar-refractivity contribution >= 4 is 34.7 Å². The molecule has 0 atom stereocenters. The largest absolute Gasteiger partial charge is 0.454 e. The van der Waals surface area contributed by atoms with E-state index in [9.17, 15) is 0 Å². The zero-order valence-corrected chi connectivity index (χ0v) is 17.7. The van der Waals surface area contributed by atoms with Crippen LogP contribution in [0.3, 0.4) is 0 Å². The Hall–Kier alpha value is -2.55. The summed E-state index contributed by atoms with van der Waals surface area (Å²) < 4.78 is 12.8. The number of hydrogen-bond acceptors (Lipinski definition) is 7. The third-order valence-corrected chi connectivity index (χ3v) is 6.79. The van der Waals surface area contributed by atoms with Crippen molar-refractivity contribution in [3.63, 3.8) is 0 Å². The molecular weight excluding hydrogens is 428 g/mol. The lowest BCUT2D eigenvalue weighted by Crippen LogP contribution is -1.95. The second-order valence-electron chi connectivity index (χ2n) is 6.35. The zero-order valence-electron chi connectivity index (χ0n) is 15.3. The van der Waals surface area contributed by atoms with Gasteiger partial charge in [0.25, 0.3) is 0 Å². The van der Waals surface area contributed by atoms with Crippen molar-refractivity contribution in [3.05, 3.63) is 58.6 Å². The molecule has 1 aliphatic rings. The summed E-state index contributed by atoms with van der Waals surface area (Å²) in [6, 6.07) is 13.5. The van der Waals surface area contributed by atoms with Crippen molar-refractivity contribution in [2.24, 2.45) is 7.05 Å². The molecule has 146 valence electrons. The van der Waals surface area contributed by atoms with Crippen LogP contribution in [-0.4, -0.2) is 26.5 Å². The van der Waals surface area contributed by atoms with E-state index in [0.717, 1.165) is 44.3 Å². The van der Waals surface area contributed by atoms with Crippen molar-refractivity contribution in [1.29, 1.82) is 0 Å². The molecule has 0 N–H and O–H groups in total. The Morgan fingerprint density at radius 2 is 2.00 bits per heavy atom. The van der Waals surface area contributed by atoms with Crippen LogP contribution in [0.5, 0.6) is 11.5 Å². The van der Waals surface area contributed by atoms with E-state index in [1.165, 1.54) is 0 Å². The molecule has 0 spiro atoms. The molecule has 0 unspecified atom stereocenters. The fraction of sp³-hybridized carbons (Fsp3) is 0.150. The second kappa shape index (κ2) is 7.70. The van der Waals surface area contributed by atoms with E-state index < -0.39 is 0 Å². The van der Waals surface area contributed by atoms with Gasteiger partial charge in [0.05, 0.1) is 10.7 Å². The van der Waals surface area contributed by atoms with Gasteiger partial charge in [-0.15, -0.1) is 21.5 Å². The van der Waals surface area contributed by atoms with Crippen molar-refractivity contribution < 1.29 is 9.47 Å². The highest BCUT2D eigenvalue weighted by Crippen LogP contribution is 2.37. The Morgan fingerprint density at radius 1 is 1.14 bits per heavy atom. The minimum atomic E-state index is 0.270. The number of benzene rings is 2. The van der Waals surface area contributed by atoms with Crippen LogP contribution in [0.25, 0.3) is 22.0 Å². The molecule has 6 nitrogen and oxygen atoms in total. The predicted octanol–water partition coefficient (Wildman–Crippen LogP) is 5.28. The van der Waals surface area contributed by atoms with Crippen LogP contribution >= 0.6 is 34.7 Å². The number of thiazole rings is 1. The molecule has 0 saturated heterocycles. The fourth-order valence-corrected chi connectivity index (χ4v) is 4.94. The van der Waals surface area contributed by atoms with Gasteiger partial charge in [0.2, 0.25) is 6.79 Å². The van der Waals surface area contributed by atoms with Crippen LogP contribution in [0.4, 0.5) is 0 Å². The molecule has 0 fully saturated rings. The minimum Gasteiger partial charge on any atom is -0.454 e. The molecule has 1 aliphatic heterocycles. The lowest BCUT2D eigenvalue weighted by atomic mass is 10.2. The Balaban J connectivity index is 1.31. The van der Waals surface area contributed by atoms with E-state index >= 15 is 0 Å². The molecule has 3 heterocycles. The average Bonchev–Trinajstić information content (AvgIpc) is 3.46. The van der Waals surface area contributed by atoms with Crippen LogP contribution in [-0.2, 0) is 12.8 Å². The van der Waals surface area contributed by atoms with Crippen LogP contribution in [0, 0.1) is 0 Å². The van der Waals surface area contributed by atoms with Gasteiger partial charge in [-0.05, 0) is 30.3 Å². The highest BCUT2D eigenvalue weighted by Gasteiger charge is 2.17. The number of aromatic nitrogens is 4. The average molecular weight is 443 g/mol. The monoisotopic (exact) mass is 442 g/mol. The van der Waals surface area contributed by atoms with Gasteiger partial charge in [-0.3, -0.25) is 0 Å². The molecule has 0 saturated carbocycles. The summed E-state index contributed by atoms with van der Waals surface area (Å²) in [4.78, 5) is 4.75. The van der Waals surface area contributed by atoms with E-state index in [1.807, 2.05) is 54.1 Å². The van der Waals surface area contributed by atoms with Gasteiger partial charge in [0, 0.05) is 29.3 Å². The van der Waals surface area contributed by atoms with Gasteiger partial charge >= 0.3 is 0 Å². The number of nitrogens with zero attached hydrogens (tertiary/aromatic N) is 4. The van der Waals surface area contributed by atoms with Crippen molar-refractivity contribution in [3.8, 4) is 33.5 Å². The third-order valence-electron chi connectivity index (χ3n) is 4.47. The maximum atomic E-state index is 6.30. The highest BCUT2D eigenvalue weighted by atomic mass is 35.5. The van der Waals surface area contributed by atoms with E-state index in [4.69, 9.17) is 26.1 Å². The van der Waals surface area contributed by atoms with Crippen molar-refractivity contribution in [2.45, 2.75) is 10.9 Å². The molecule has 29 heavy (non-hydrogen) atoms. The van der Waals surface area contributed by atoms with Gasteiger partial charge in [0.15, 0.2) is 22.5 Å². The van der Waals surface area contributed by atoms with Crippen LogP contribution in [0.2, 0.25) is 5.02 Å². The quantitative estimate of drug-likeness (QED) is 0.392. The molecule has 2 aromatic carbocycles. The van der Waals surface area contributed by atoms with E-state index in [-0.39, 0.29) is 6.79 Å². The van der Waals surface area contributed by atoms with Gasteiger partial charge in [0.1, 0.15) is 5.01 Å². The predicted molar refractivity (Wildman–Crippen MR) is 115 cm³/mol. The number of halogens is 1. The maximum Gasteiger partial charge on any atom is 0.231 e. The van der Waals surface area contributed by atoms with Crippen LogP contribution < -0.4 is 9.47 Å². The van der Waals surface area contributed by atoms with Crippen LogP contribution in [0.1, 0.15) is 5.69 Å². The maximum absolute atomic E-state index is 6.30. The summed E-state index contributed by atoms with van der Waals surface area (Å²) in [5, 5.41) is 13.1.